The van der Waals surface area contributed by atoms with E-state index in [0.29, 0.717) is 12.2 Å². The second-order valence-electron chi connectivity index (χ2n) is 2.52. The van der Waals surface area contributed by atoms with Gasteiger partial charge in [-0.15, -0.1) is 11.6 Å². The van der Waals surface area contributed by atoms with Crippen molar-refractivity contribution in [2.24, 2.45) is 0 Å². The van der Waals surface area contributed by atoms with E-state index in [2.05, 4.69) is 0 Å². The number of hydrogen-bond acceptors (Lipinski definition) is 3. The Morgan fingerprint density at radius 3 is 2.54 bits per heavy atom. The lowest BCUT2D eigenvalue weighted by atomic mass is 10.2. The molecule has 0 radical (unpaired) electrons. The summed E-state index contributed by atoms with van der Waals surface area (Å²) in [5.41, 5.74) is 0.489. The van der Waals surface area contributed by atoms with Crippen LogP contribution in [0.1, 0.15) is 12.5 Å². The average molecular weight is 203 g/mol. The SMILES string of the molecule is CCOc1cc(O)c(CCl)cc1O. The van der Waals surface area contributed by atoms with Crippen LogP contribution in [0.4, 0.5) is 0 Å². The number of ether oxygens (including phenoxy) is 1. The Balaban J connectivity index is 3.05. The number of rotatable bonds is 3. The third-order valence-corrected chi connectivity index (χ3v) is 1.89. The maximum Gasteiger partial charge on any atom is 0.164 e. The molecule has 0 spiro atoms. The Hall–Kier alpha value is -1.09. The molecule has 0 heterocycles. The minimum atomic E-state index is -0.00435. The molecule has 2 N–H and O–H groups in total. The van der Waals surface area contributed by atoms with Crippen molar-refractivity contribution in [3.05, 3.63) is 17.7 Å². The molecule has 0 saturated carbocycles. The molecule has 0 atom stereocenters. The van der Waals surface area contributed by atoms with Crippen molar-refractivity contribution in [1.82, 2.24) is 0 Å². The van der Waals surface area contributed by atoms with Crippen LogP contribution in [-0.4, -0.2) is 16.8 Å². The minimum absolute atomic E-state index is 0.00435. The molecular formula is C9H11ClO3. The number of phenolic OH excluding ortho intramolecular Hbond substituents is 2. The van der Waals surface area contributed by atoms with Gasteiger partial charge in [-0.2, -0.15) is 0 Å². The molecule has 0 aliphatic rings. The van der Waals surface area contributed by atoms with Gasteiger partial charge in [0, 0.05) is 11.6 Å². The number of aromatic hydroxyl groups is 2. The number of benzene rings is 1. The molecule has 0 aliphatic heterocycles. The fourth-order valence-corrected chi connectivity index (χ4v) is 1.19. The summed E-state index contributed by atoms with van der Waals surface area (Å²) < 4.78 is 5.06. The fraction of sp³-hybridized carbons (Fsp3) is 0.333. The van der Waals surface area contributed by atoms with Gasteiger partial charge in [0.1, 0.15) is 5.75 Å². The third kappa shape index (κ3) is 2.18. The zero-order valence-corrected chi connectivity index (χ0v) is 8.01. The van der Waals surface area contributed by atoms with E-state index >= 15 is 0 Å². The summed E-state index contributed by atoms with van der Waals surface area (Å²) in [6.45, 7) is 2.24. The lowest BCUT2D eigenvalue weighted by Crippen LogP contribution is -1.92. The van der Waals surface area contributed by atoms with E-state index in [1.807, 2.05) is 0 Å². The Morgan fingerprint density at radius 1 is 1.31 bits per heavy atom. The first kappa shape index (κ1) is 9.99. The minimum Gasteiger partial charge on any atom is -0.507 e. The predicted molar refractivity (Wildman–Crippen MR) is 50.5 cm³/mol. The molecular weight excluding hydrogens is 192 g/mol. The summed E-state index contributed by atoms with van der Waals surface area (Å²) >= 11 is 5.52. The highest BCUT2D eigenvalue weighted by atomic mass is 35.5. The molecule has 1 aromatic carbocycles. The third-order valence-electron chi connectivity index (χ3n) is 1.60. The highest BCUT2D eigenvalue weighted by Gasteiger charge is 2.08. The van der Waals surface area contributed by atoms with Gasteiger partial charge in [0.15, 0.2) is 11.5 Å². The van der Waals surface area contributed by atoms with E-state index in [9.17, 15) is 10.2 Å². The van der Waals surface area contributed by atoms with E-state index in [1.165, 1.54) is 12.1 Å². The highest BCUT2D eigenvalue weighted by molar-refractivity contribution is 6.17. The van der Waals surface area contributed by atoms with Crippen molar-refractivity contribution in [2.45, 2.75) is 12.8 Å². The van der Waals surface area contributed by atoms with Gasteiger partial charge in [-0.3, -0.25) is 0 Å². The zero-order valence-electron chi connectivity index (χ0n) is 7.25. The molecule has 1 aromatic rings. The van der Waals surface area contributed by atoms with E-state index in [-0.39, 0.29) is 23.1 Å². The lowest BCUT2D eigenvalue weighted by molar-refractivity contribution is 0.315. The van der Waals surface area contributed by atoms with Crippen molar-refractivity contribution < 1.29 is 14.9 Å². The monoisotopic (exact) mass is 202 g/mol. The number of hydrogen-bond donors (Lipinski definition) is 2. The summed E-state index contributed by atoms with van der Waals surface area (Å²) in [5, 5.41) is 18.8. The smallest absolute Gasteiger partial charge is 0.164 e. The quantitative estimate of drug-likeness (QED) is 0.584. The van der Waals surface area contributed by atoms with Crippen LogP contribution in [0, 0.1) is 0 Å². The maximum atomic E-state index is 9.38. The molecule has 4 heteroatoms. The normalized spacial score (nSPS) is 10.0. The molecule has 0 amide bonds. The Morgan fingerprint density at radius 2 is 2.00 bits per heavy atom. The van der Waals surface area contributed by atoms with Crippen molar-refractivity contribution in [3.8, 4) is 17.2 Å². The molecule has 0 bridgehead atoms. The molecule has 0 aliphatic carbocycles. The Bertz CT molecular complexity index is 299. The predicted octanol–water partition coefficient (Wildman–Crippen LogP) is 2.24. The molecule has 13 heavy (non-hydrogen) atoms. The molecule has 72 valence electrons. The fourth-order valence-electron chi connectivity index (χ4n) is 0.979. The Labute approximate surface area is 81.5 Å². The Kier molecular flexibility index (Phi) is 3.25. The average Bonchev–Trinajstić information content (AvgIpc) is 2.11. The zero-order chi connectivity index (χ0) is 9.84. The first-order chi connectivity index (χ1) is 6.19. The van der Waals surface area contributed by atoms with E-state index in [1.54, 1.807) is 6.92 Å². The van der Waals surface area contributed by atoms with E-state index in [4.69, 9.17) is 16.3 Å². The summed E-state index contributed by atoms with van der Waals surface area (Å²) in [4.78, 5) is 0. The second-order valence-corrected chi connectivity index (χ2v) is 2.78. The van der Waals surface area contributed by atoms with Gasteiger partial charge in [-0.1, -0.05) is 0 Å². The first-order valence-electron chi connectivity index (χ1n) is 3.92. The van der Waals surface area contributed by atoms with Crippen LogP contribution < -0.4 is 4.74 Å². The summed E-state index contributed by atoms with van der Waals surface area (Å²) in [6.07, 6.45) is 0. The van der Waals surface area contributed by atoms with Crippen molar-refractivity contribution in [1.29, 1.82) is 0 Å². The summed E-state index contributed by atoms with van der Waals surface area (Å²) in [5.74, 6) is 0.464. The van der Waals surface area contributed by atoms with E-state index < -0.39 is 0 Å². The van der Waals surface area contributed by atoms with Gasteiger partial charge in [0.2, 0.25) is 0 Å². The van der Waals surface area contributed by atoms with Crippen molar-refractivity contribution in [3.63, 3.8) is 0 Å². The van der Waals surface area contributed by atoms with Gasteiger partial charge >= 0.3 is 0 Å². The van der Waals surface area contributed by atoms with Crippen LogP contribution in [0.25, 0.3) is 0 Å². The van der Waals surface area contributed by atoms with Crippen molar-refractivity contribution in [2.75, 3.05) is 6.61 Å². The molecule has 3 nitrogen and oxygen atoms in total. The van der Waals surface area contributed by atoms with Gasteiger partial charge in [0.05, 0.1) is 12.5 Å². The molecule has 0 fully saturated rings. The van der Waals surface area contributed by atoms with Crippen molar-refractivity contribution >= 4 is 11.6 Å². The largest absolute Gasteiger partial charge is 0.507 e. The van der Waals surface area contributed by atoms with Gasteiger partial charge in [0.25, 0.3) is 0 Å². The van der Waals surface area contributed by atoms with Crippen LogP contribution >= 0.6 is 11.6 Å². The van der Waals surface area contributed by atoms with Gasteiger partial charge in [-0.05, 0) is 13.0 Å². The lowest BCUT2D eigenvalue weighted by Gasteiger charge is -2.08. The first-order valence-corrected chi connectivity index (χ1v) is 4.46. The highest BCUT2D eigenvalue weighted by Crippen LogP contribution is 2.33. The second kappa shape index (κ2) is 4.23. The standard InChI is InChI=1S/C9H11ClO3/c1-2-13-9-4-7(11)6(5-10)3-8(9)12/h3-4,11-12H,2,5H2,1H3. The molecule has 0 unspecified atom stereocenters. The number of phenols is 2. The maximum absolute atomic E-state index is 9.38. The van der Waals surface area contributed by atoms with Crippen LogP contribution in [0.15, 0.2) is 12.1 Å². The van der Waals surface area contributed by atoms with Crippen LogP contribution in [-0.2, 0) is 5.88 Å². The number of halogens is 1. The topological polar surface area (TPSA) is 49.7 Å². The van der Waals surface area contributed by atoms with Crippen LogP contribution in [0.5, 0.6) is 17.2 Å². The molecule has 0 saturated heterocycles. The summed E-state index contributed by atoms with van der Waals surface area (Å²) in [7, 11) is 0. The van der Waals surface area contributed by atoms with Crippen LogP contribution in [0.3, 0.4) is 0 Å². The van der Waals surface area contributed by atoms with Gasteiger partial charge in [-0.25, -0.2) is 0 Å². The number of alkyl halides is 1. The molecule has 1 rings (SSSR count). The summed E-state index contributed by atoms with van der Waals surface area (Å²) in [6, 6.07) is 2.75. The van der Waals surface area contributed by atoms with Gasteiger partial charge < -0.3 is 14.9 Å². The van der Waals surface area contributed by atoms with E-state index in [0.717, 1.165) is 0 Å². The molecule has 0 aromatic heterocycles. The van der Waals surface area contributed by atoms with Crippen LogP contribution in [0.2, 0.25) is 0 Å².